The molecule has 2 atom stereocenters. The average molecular weight is 299 g/mol. The Hall–Kier alpha value is -1.18. The molecule has 1 aliphatic heterocycles. The maximum atomic E-state index is 12.4. The lowest BCUT2D eigenvalue weighted by Gasteiger charge is -2.27. The highest BCUT2D eigenvalue weighted by Crippen LogP contribution is 2.20. The molecule has 2 N–H and O–H groups in total. The lowest BCUT2D eigenvalue weighted by molar-refractivity contribution is 0.0173. The minimum atomic E-state index is -3.62. The third-order valence-electron chi connectivity index (χ3n) is 3.20. The summed E-state index contributed by atoms with van der Waals surface area (Å²) in [7, 11) is -3.62. The number of aromatic nitrogens is 1. The predicted octanol–water partition coefficient (Wildman–Crippen LogP) is 1.36. The average Bonchev–Trinajstić information content (AvgIpc) is 2.39. The quantitative estimate of drug-likeness (QED) is 0.858. The van der Waals surface area contributed by atoms with Gasteiger partial charge in [0.1, 0.15) is 0 Å². The number of rotatable bonds is 5. The summed E-state index contributed by atoms with van der Waals surface area (Å²) >= 11 is 0. The van der Waals surface area contributed by atoms with E-state index in [-0.39, 0.29) is 17.2 Å². The van der Waals surface area contributed by atoms with Crippen LogP contribution in [0.3, 0.4) is 0 Å². The fourth-order valence-electron chi connectivity index (χ4n) is 2.31. The van der Waals surface area contributed by atoms with Crippen molar-refractivity contribution in [3.8, 4) is 0 Å². The van der Waals surface area contributed by atoms with Crippen LogP contribution in [0.4, 0.5) is 5.69 Å². The molecule has 2 rings (SSSR count). The van der Waals surface area contributed by atoms with Crippen LogP contribution in [0.2, 0.25) is 0 Å². The third kappa shape index (κ3) is 3.68. The van der Waals surface area contributed by atoms with Crippen molar-refractivity contribution in [3.05, 3.63) is 18.3 Å². The fourth-order valence-corrected chi connectivity index (χ4v) is 3.70. The minimum Gasteiger partial charge on any atom is -0.383 e. The van der Waals surface area contributed by atoms with Gasteiger partial charge in [-0.15, -0.1) is 0 Å². The maximum Gasteiger partial charge on any atom is 0.260 e. The van der Waals surface area contributed by atoms with Crippen LogP contribution in [0.25, 0.3) is 0 Å². The highest BCUT2D eigenvalue weighted by atomic mass is 32.2. The van der Waals surface area contributed by atoms with Crippen LogP contribution >= 0.6 is 0 Å². The SMILES string of the molecule is CCNc1cccnc1S(=O)(=O)NC1CCOC(C)C1. The number of ether oxygens (including phenoxy) is 1. The molecule has 0 amide bonds. The Labute approximate surface area is 120 Å². The Bertz CT molecular complexity index is 548. The van der Waals surface area contributed by atoms with E-state index in [0.717, 1.165) is 0 Å². The number of pyridine rings is 1. The molecule has 0 aliphatic carbocycles. The van der Waals surface area contributed by atoms with Crippen molar-refractivity contribution >= 4 is 15.7 Å². The standard InChI is InChI=1S/C13H21N3O3S/c1-3-14-12-5-4-7-15-13(12)20(17,18)16-11-6-8-19-10(2)9-11/h4-5,7,10-11,14,16H,3,6,8-9H2,1-2H3. The summed E-state index contributed by atoms with van der Waals surface area (Å²) in [5, 5.41) is 3.08. The van der Waals surface area contributed by atoms with E-state index in [0.29, 0.717) is 31.7 Å². The van der Waals surface area contributed by atoms with Gasteiger partial charge < -0.3 is 10.1 Å². The second kappa shape index (κ2) is 6.51. The van der Waals surface area contributed by atoms with Crippen molar-refractivity contribution in [1.29, 1.82) is 0 Å². The largest absolute Gasteiger partial charge is 0.383 e. The predicted molar refractivity (Wildman–Crippen MR) is 77.2 cm³/mol. The molecule has 2 unspecified atom stereocenters. The molecule has 2 heterocycles. The van der Waals surface area contributed by atoms with Gasteiger partial charge in [0.25, 0.3) is 10.0 Å². The van der Waals surface area contributed by atoms with Crippen LogP contribution in [0, 0.1) is 0 Å². The summed E-state index contributed by atoms with van der Waals surface area (Å²) in [4.78, 5) is 4.01. The maximum absolute atomic E-state index is 12.4. The Morgan fingerprint density at radius 1 is 1.50 bits per heavy atom. The molecule has 1 aromatic rings. The smallest absolute Gasteiger partial charge is 0.260 e. The summed E-state index contributed by atoms with van der Waals surface area (Å²) in [6, 6.07) is 3.34. The number of nitrogens with one attached hydrogen (secondary N) is 2. The molecule has 0 saturated carbocycles. The lowest BCUT2D eigenvalue weighted by Crippen LogP contribution is -2.41. The first-order chi connectivity index (χ1) is 9.53. The Morgan fingerprint density at radius 3 is 3.00 bits per heavy atom. The Balaban J connectivity index is 2.17. The normalized spacial score (nSPS) is 23.5. The van der Waals surface area contributed by atoms with E-state index in [2.05, 4.69) is 15.0 Å². The number of hydrogen-bond acceptors (Lipinski definition) is 5. The second-order valence-corrected chi connectivity index (χ2v) is 6.54. The molecule has 112 valence electrons. The van der Waals surface area contributed by atoms with Crippen molar-refractivity contribution in [3.63, 3.8) is 0 Å². The second-order valence-electron chi connectivity index (χ2n) is 4.91. The molecule has 0 spiro atoms. The zero-order chi connectivity index (χ0) is 14.6. The molecule has 1 fully saturated rings. The monoisotopic (exact) mass is 299 g/mol. The molecule has 7 heteroatoms. The minimum absolute atomic E-state index is 0.0565. The van der Waals surface area contributed by atoms with Gasteiger partial charge in [-0.2, -0.15) is 0 Å². The van der Waals surface area contributed by atoms with Gasteiger partial charge in [0.2, 0.25) is 0 Å². The number of sulfonamides is 1. The highest BCUT2D eigenvalue weighted by Gasteiger charge is 2.27. The fraction of sp³-hybridized carbons (Fsp3) is 0.615. The van der Waals surface area contributed by atoms with Gasteiger partial charge in [0.15, 0.2) is 5.03 Å². The highest BCUT2D eigenvalue weighted by molar-refractivity contribution is 7.89. The van der Waals surface area contributed by atoms with Crippen LogP contribution in [-0.2, 0) is 14.8 Å². The summed E-state index contributed by atoms with van der Waals surface area (Å²) in [6.45, 7) is 5.08. The molecule has 1 saturated heterocycles. The summed E-state index contributed by atoms with van der Waals surface area (Å²) in [6.07, 6.45) is 2.94. The summed E-state index contributed by atoms with van der Waals surface area (Å²) in [5.74, 6) is 0. The van der Waals surface area contributed by atoms with Crippen LogP contribution in [0.1, 0.15) is 26.7 Å². The van der Waals surface area contributed by atoms with Crippen LogP contribution in [-0.4, -0.2) is 38.7 Å². The third-order valence-corrected chi connectivity index (χ3v) is 4.68. The first kappa shape index (κ1) is 15.2. The first-order valence-corrected chi connectivity index (χ1v) is 8.34. The van der Waals surface area contributed by atoms with E-state index < -0.39 is 10.0 Å². The Morgan fingerprint density at radius 2 is 2.30 bits per heavy atom. The van der Waals surface area contributed by atoms with Crippen molar-refractivity contribution in [2.75, 3.05) is 18.5 Å². The van der Waals surface area contributed by atoms with E-state index in [9.17, 15) is 8.42 Å². The molecular formula is C13H21N3O3S. The van der Waals surface area contributed by atoms with Gasteiger partial charge in [0, 0.05) is 25.4 Å². The molecule has 1 aromatic heterocycles. The van der Waals surface area contributed by atoms with Gasteiger partial charge in [-0.25, -0.2) is 18.1 Å². The summed E-state index contributed by atoms with van der Waals surface area (Å²) in [5.41, 5.74) is 0.530. The van der Waals surface area contributed by atoms with Crippen molar-refractivity contribution in [1.82, 2.24) is 9.71 Å². The zero-order valence-electron chi connectivity index (χ0n) is 11.8. The van der Waals surface area contributed by atoms with E-state index in [4.69, 9.17) is 4.74 Å². The number of nitrogens with zero attached hydrogens (tertiary/aromatic N) is 1. The van der Waals surface area contributed by atoms with Gasteiger partial charge in [-0.05, 0) is 38.8 Å². The van der Waals surface area contributed by atoms with Gasteiger partial charge in [-0.1, -0.05) is 0 Å². The molecule has 6 nitrogen and oxygen atoms in total. The molecule has 20 heavy (non-hydrogen) atoms. The molecular weight excluding hydrogens is 278 g/mol. The van der Waals surface area contributed by atoms with Crippen molar-refractivity contribution in [2.45, 2.75) is 43.9 Å². The number of hydrogen-bond donors (Lipinski definition) is 2. The molecule has 0 bridgehead atoms. The first-order valence-electron chi connectivity index (χ1n) is 6.85. The van der Waals surface area contributed by atoms with Gasteiger partial charge in [0.05, 0.1) is 11.8 Å². The van der Waals surface area contributed by atoms with Crippen LogP contribution < -0.4 is 10.0 Å². The van der Waals surface area contributed by atoms with Crippen molar-refractivity contribution in [2.24, 2.45) is 0 Å². The lowest BCUT2D eigenvalue weighted by atomic mass is 10.1. The van der Waals surface area contributed by atoms with E-state index in [1.165, 1.54) is 6.20 Å². The Kier molecular flexibility index (Phi) is 4.95. The van der Waals surface area contributed by atoms with Gasteiger partial charge >= 0.3 is 0 Å². The zero-order valence-corrected chi connectivity index (χ0v) is 12.6. The topological polar surface area (TPSA) is 80.3 Å². The molecule has 0 aromatic carbocycles. The van der Waals surface area contributed by atoms with Gasteiger partial charge in [-0.3, -0.25) is 0 Å². The van der Waals surface area contributed by atoms with Crippen molar-refractivity contribution < 1.29 is 13.2 Å². The van der Waals surface area contributed by atoms with Crippen LogP contribution in [0.5, 0.6) is 0 Å². The van der Waals surface area contributed by atoms with E-state index in [1.54, 1.807) is 12.1 Å². The summed E-state index contributed by atoms with van der Waals surface area (Å²) < 4.78 is 33.1. The van der Waals surface area contributed by atoms with Crippen LogP contribution in [0.15, 0.2) is 23.4 Å². The van der Waals surface area contributed by atoms with E-state index in [1.807, 2.05) is 13.8 Å². The molecule has 0 radical (unpaired) electrons. The number of anilines is 1. The van der Waals surface area contributed by atoms with E-state index >= 15 is 0 Å². The molecule has 1 aliphatic rings.